The Kier molecular flexibility index (Phi) is 4.89. The molecule has 0 saturated heterocycles. The molecule has 0 saturated carbocycles. The van der Waals surface area contributed by atoms with Gasteiger partial charge in [0.2, 0.25) is 5.95 Å². The van der Waals surface area contributed by atoms with Crippen LogP contribution in [0.3, 0.4) is 0 Å². The third-order valence-electron chi connectivity index (χ3n) is 2.28. The van der Waals surface area contributed by atoms with Gasteiger partial charge in [-0.15, -0.1) is 0 Å². The van der Waals surface area contributed by atoms with Crippen molar-refractivity contribution in [3.05, 3.63) is 18.0 Å². The van der Waals surface area contributed by atoms with Gasteiger partial charge in [-0.1, -0.05) is 0 Å². The molecule has 1 heterocycles. The molecule has 0 amide bonds. The number of hydrogen-bond donors (Lipinski definition) is 1. The molecule has 1 aromatic heterocycles. The van der Waals surface area contributed by atoms with Crippen LogP contribution in [0.15, 0.2) is 12.4 Å². The number of halogens is 3. The van der Waals surface area contributed by atoms with Gasteiger partial charge in [0, 0.05) is 25.0 Å². The summed E-state index contributed by atoms with van der Waals surface area (Å²) in [6.07, 6.45) is -0.620. The van der Waals surface area contributed by atoms with Gasteiger partial charge in [0.25, 0.3) is 0 Å². The molecular formula is C11H17F3N4. The summed E-state index contributed by atoms with van der Waals surface area (Å²) in [4.78, 5) is 8.97. The van der Waals surface area contributed by atoms with Crippen molar-refractivity contribution in [2.75, 3.05) is 18.0 Å². The first kappa shape index (κ1) is 14.7. The molecule has 0 radical (unpaired) electrons. The highest BCUT2D eigenvalue weighted by Gasteiger charge is 2.31. The third-order valence-corrected chi connectivity index (χ3v) is 2.28. The van der Waals surface area contributed by atoms with Crippen molar-refractivity contribution in [3.63, 3.8) is 0 Å². The highest BCUT2D eigenvalue weighted by atomic mass is 19.4. The number of alkyl halides is 3. The van der Waals surface area contributed by atoms with Crippen molar-refractivity contribution < 1.29 is 13.2 Å². The Balaban J connectivity index is 2.75. The number of nitrogens with two attached hydrogens (primary N) is 1. The summed E-state index contributed by atoms with van der Waals surface area (Å²) in [7, 11) is 0. The van der Waals surface area contributed by atoms with Gasteiger partial charge in [0.1, 0.15) is 6.54 Å². The average Bonchev–Trinajstić information content (AvgIpc) is 2.25. The molecule has 4 nitrogen and oxygen atoms in total. The lowest BCUT2D eigenvalue weighted by atomic mass is 10.1. The number of rotatable bonds is 5. The van der Waals surface area contributed by atoms with Crippen LogP contribution in [-0.4, -0.2) is 35.3 Å². The van der Waals surface area contributed by atoms with Gasteiger partial charge >= 0.3 is 6.18 Å². The molecule has 0 aliphatic carbocycles. The summed E-state index contributed by atoms with van der Waals surface area (Å²) in [6, 6.07) is -0.0306. The summed E-state index contributed by atoms with van der Waals surface area (Å²) in [5.74, 6) is 0.0863. The largest absolute Gasteiger partial charge is 0.406 e. The number of aromatic nitrogens is 2. The highest BCUT2D eigenvalue weighted by molar-refractivity contribution is 5.30. The fourth-order valence-electron chi connectivity index (χ4n) is 1.53. The number of nitrogens with zero attached hydrogens (tertiary/aromatic N) is 3. The minimum absolute atomic E-state index is 0.0306. The predicted octanol–water partition coefficient (Wildman–Crippen LogP) is 1.75. The molecule has 1 rings (SSSR count). The van der Waals surface area contributed by atoms with Crippen LogP contribution in [0.2, 0.25) is 0 Å². The van der Waals surface area contributed by atoms with Crippen LogP contribution in [-0.2, 0) is 6.42 Å². The van der Waals surface area contributed by atoms with E-state index in [-0.39, 0.29) is 18.5 Å². The van der Waals surface area contributed by atoms with Crippen molar-refractivity contribution >= 4 is 5.95 Å². The van der Waals surface area contributed by atoms with Crippen LogP contribution in [0.25, 0.3) is 0 Å². The molecule has 0 bridgehead atoms. The van der Waals surface area contributed by atoms with E-state index >= 15 is 0 Å². The van der Waals surface area contributed by atoms with E-state index in [1.807, 2.05) is 6.92 Å². The van der Waals surface area contributed by atoms with Gasteiger partial charge in [-0.2, -0.15) is 13.2 Å². The topological polar surface area (TPSA) is 55.0 Å². The molecule has 0 aromatic carbocycles. The Morgan fingerprint density at radius 1 is 1.33 bits per heavy atom. The van der Waals surface area contributed by atoms with Crippen LogP contribution in [0.4, 0.5) is 19.1 Å². The van der Waals surface area contributed by atoms with Crippen molar-refractivity contribution in [1.29, 1.82) is 0 Å². The normalized spacial score (nSPS) is 13.4. The minimum Gasteiger partial charge on any atom is -0.332 e. The van der Waals surface area contributed by atoms with Gasteiger partial charge < -0.3 is 10.6 Å². The smallest absolute Gasteiger partial charge is 0.332 e. The molecule has 18 heavy (non-hydrogen) atoms. The second-order valence-electron chi connectivity index (χ2n) is 4.20. The summed E-state index contributed by atoms with van der Waals surface area (Å²) in [5, 5.41) is 0. The molecule has 1 atom stereocenters. The first-order valence-corrected chi connectivity index (χ1v) is 5.70. The molecule has 7 heteroatoms. The minimum atomic E-state index is -4.26. The van der Waals surface area contributed by atoms with Crippen molar-refractivity contribution in [3.8, 4) is 0 Å². The van der Waals surface area contributed by atoms with E-state index in [0.717, 1.165) is 10.5 Å². The van der Waals surface area contributed by atoms with Crippen LogP contribution in [0.1, 0.15) is 19.4 Å². The number of anilines is 1. The van der Waals surface area contributed by atoms with E-state index in [2.05, 4.69) is 9.97 Å². The fourth-order valence-corrected chi connectivity index (χ4v) is 1.53. The second kappa shape index (κ2) is 5.99. The highest BCUT2D eigenvalue weighted by Crippen LogP contribution is 2.19. The van der Waals surface area contributed by atoms with Crippen LogP contribution in [0, 0.1) is 0 Å². The van der Waals surface area contributed by atoms with E-state index in [9.17, 15) is 13.2 Å². The fraction of sp³-hybridized carbons (Fsp3) is 0.636. The summed E-state index contributed by atoms with van der Waals surface area (Å²) in [5.41, 5.74) is 6.43. The van der Waals surface area contributed by atoms with E-state index < -0.39 is 12.7 Å². The Morgan fingerprint density at radius 2 is 1.89 bits per heavy atom. The van der Waals surface area contributed by atoms with Gasteiger partial charge in [0.05, 0.1) is 0 Å². The molecule has 0 aliphatic heterocycles. The maximum absolute atomic E-state index is 12.3. The van der Waals surface area contributed by atoms with Crippen LogP contribution < -0.4 is 10.6 Å². The SMILES string of the molecule is CCN(CC(F)(F)F)c1ncc(CC(C)N)cn1. The standard InChI is InChI=1S/C11H17F3N4/c1-3-18(7-11(12,13)14)10-16-5-9(6-17-10)4-8(2)15/h5-6,8H,3-4,7,15H2,1-2H3. The Morgan fingerprint density at radius 3 is 2.28 bits per heavy atom. The average molecular weight is 262 g/mol. The lowest BCUT2D eigenvalue weighted by Crippen LogP contribution is -2.35. The molecule has 1 aromatic rings. The van der Waals surface area contributed by atoms with Crippen LogP contribution >= 0.6 is 0 Å². The zero-order valence-corrected chi connectivity index (χ0v) is 10.4. The molecule has 102 valence electrons. The zero-order chi connectivity index (χ0) is 13.8. The van der Waals surface area contributed by atoms with Crippen molar-refractivity contribution in [2.24, 2.45) is 5.73 Å². The van der Waals surface area contributed by atoms with Gasteiger partial charge in [0.15, 0.2) is 0 Å². The van der Waals surface area contributed by atoms with Crippen molar-refractivity contribution in [1.82, 2.24) is 9.97 Å². The molecule has 1 unspecified atom stereocenters. The summed E-state index contributed by atoms with van der Waals surface area (Å²) < 4.78 is 36.9. The van der Waals surface area contributed by atoms with Gasteiger partial charge in [-0.3, -0.25) is 0 Å². The predicted molar refractivity (Wildman–Crippen MR) is 63.3 cm³/mol. The Hall–Kier alpha value is -1.37. The monoisotopic (exact) mass is 262 g/mol. The lowest BCUT2D eigenvalue weighted by molar-refractivity contribution is -0.119. The van der Waals surface area contributed by atoms with Gasteiger partial charge in [-0.05, 0) is 25.8 Å². The molecule has 2 N–H and O–H groups in total. The maximum Gasteiger partial charge on any atom is 0.406 e. The van der Waals surface area contributed by atoms with Crippen LogP contribution in [0.5, 0.6) is 0 Å². The summed E-state index contributed by atoms with van der Waals surface area (Å²) >= 11 is 0. The first-order valence-electron chi connectivity index (χ1n) is 5.70. The van der Waals surface area contributed by atoms with E-state index in [1.165, 1.54) is 12.4 Å². The molecular weight excluding hydrogens is 245 g/mol. The quantitative estimate of drug-likeness (QED) is 0.878. The zero-order valence-electron chi connectivity index (χ0n) is 10.4. The first-order chi connectivity index (χ1) is 8.31. The van der Waals surface area contributed by atoms with E-state index in [4.69, 9.17) is 5.73 Å². The Labute approximate surface area is 104 Å². The van der Waals surface area contributed by atoms with E-state index in [0.29, 0.717) is 6.42 Å². The molecule has 0 aliphatic rings. The molecule has 0 spiro atoms. The lowest BCUT2D eigenvalue weighted by Gasteiger charge is -2.22. The van der Waals surface area contributed by atoms with Gasteiger partial charge in [-0.25, -0.2) is 9.97 Å². The molecule has 0 fully saturated rings. The summed E-state index contributed by atoms with van der Waals surface area (Å²) in [6.45, 7) is 2.63. The van der Waals surface area contributed by atoms with E-state index in [1.54, 1.807) is 6.92 Å². The Bertz CT molecular complexity index is 362. The van der Waals surface area contributed by atoms with Crippen molar-refractivity contribution in [2.45, 2.75) is 32.5 Å². The maximum atomic E-state index is 12.3. The third kappa shape index (κ3) is 4.87. The second-order valence-corrected chi connectivity index (χ2v) is 4.20. The number of hydrogen-bond acceptors (Lipinski definition) is 4.